The molecule has 0 radical (unpaired) electrons. The number of Topliss-reactive ketones (excluding diaryl/α,β-unsaturated/α-hetero) is 2. The van der Waals surface area contributed by atoms with Gasteiger partial charge in [0.1, 0.15) is 11.6 Å². The molecule has 0 saturated heterocycles. The Labute approximate surface area is 234 Å². The molecule has 0 unspecified atom stereocenters. The van der Waals surface area contributed by atoms with Gasteiger partial charge in [-0.15, -0.1) is 0 Å². The predicted molar refractivity (Wildman–Crippen MR) is 160 cm³/mol. The fraction of sp³-hybridized carbons (Fsp3) is 0.778. The number of rotatable bonds is 8. The number of ketones is 2. The second-order valence-electron chi connectivity index (χ2n) is 15.7. The molecular formula is C36H56O2. The van der Waals surface area contributed by atoms with E-state index in [0.29, 0.717) is 71.8 Å². The average molecular weight is 521 g/mol. The second kappa shape index (κ2) is 10.9. The van der Waals surface area contributed by atoms with Gasteiger partial charge in [0.25, 0.3) is 0 Å². The van der Waals surface area contributed by atoms with Crippen LogP contribution in [-0.4, -0.2) is 11.6 Å². The van der Waals surface area contributed by atoms with Gasteiger partial charge in [0.2, 0.25) is 0 Å². The molecule has 2 heteroatoms. The summed E-state index contributed by atoms with van der Waals surface area (Å²) < 4.78 is 0. The first kappa shape index (κ1) is 29.5. The van der Waals surface area contributed by atoms with E-state index < -0.39 is 0 Å². The first-order valence-electron chi connectivity index (χ1n) is 15.7. The molecule has 4 fully saturated rings. The maximum Gasteiger partial charge on any atom is 0.137 e. The van der Waals surface area contributed by atoms with E-state index in [0.717, 1.165) is 12.8 Å². The highest BCUT2D eigenvalue weighted by Gasteiger charge is 2.54. The zero-order valence-electron chi connectivity index (χ0n) is 25.6. The summed E-state index contributed by atoms with van der Waals surface area (Å²) in [7, 11) is 0. The van der Waals surface area contributed by atoms with Gasteiger partial charge in [-0.3, -0.25) is 9.59 Å². The van der Waals surface area contributed by atoms with Gasteiger partial charge in [0.05, 0.1) is 0 Å². The van der Waals surface area contributed by atoms with Crippen molar-refractivity contribution in [1.82, 2.24) is 0 Å². The highest BCUT2D eigenvalue weighted by Crippen LogP contribution is 2.62. The van der Waals surface area contributed by atoms with Crippen LogP contribution in [0.5, 0.6) is 0 Å². The van der Waals surface area contributed by atoms with Crippen molar-refractivity contribution in [2.24, 2.45) is 45.3 Å². The molecule has 212 valence electrons. The monoisotopic (exact) mass is 520 g/mol. The smallest absolute Gasteiger partial charge is 0.137 e. The van der Waals surface area contributed by atoms with Crippen LogP contribution in [0.3, 0.4) is 0 Å². The molecule has 0 aromatic heterocycles. The fourth-order valence-electron chi connectivity index (χ4n) is 10.4. The van der Waals surface area contributed by atoms with Crippen LogP contribution in [0.1, 0.15) is 131 Å². The Morgan fingerprint density at radius 1 is 0.684 bits per heavy atom. The molecule has 4 aliphatic rings. The standard InChI is InChI=1S/C36H56O2/c1-25-15-17-31-33(3,4)19-11-21-35(31,7)29(25)23-27(37)13-9-10-14-28(38)24-30-26(2)16-18-32-34(5,6)20-12-22-36(30,32)8/h9-10,29-32H,1-2,11-24H2,3-8H3/b10-9+/t29-,30-,31-,32-,35+,36+/m0/s1. The maximum absolute atomic E-state index is 13.1. The van der Waals surface area contributed by atoms with Crippen LogP contribution in [0.4, 0.5) is 0 Å². The van der Waals surface area contributed by atoms with E-state index in [4.69, 9.17) is 0 Å². The molecule has 0 N–H and O–H groups in total. The SMILES string of the molecule is C=C1CC[C@H]2C(C)(C)CCC[C@]2(C)[C@H]1CC(=O)C/C=C/CC(=O)C[C@H]1C(=C)CC[C@H]2C(C)(C)CCC[C@]12C. The van der Waals surface area contributed by atoms with Crippen molar-refractivity contribution in [3.8, 4) is 0 Å². The minimum Gasteiger partial charge on any atom is -0.299 e. The summed E-state index contributed by atoms with van der Waals surface area (Å²) in [5, 5.41) is 0. The molecule has 6 atom stereocenters. The van der Waals surface area contributed by atoms with Crippen molar-refractivity contribution >= 4 is 11.6 Å². The number of hydrogen-bond donors (Lipinski definition) is 0. The lowest BCUT2D eigenvalue weighted by atomic mass is 9.47. The van der Waals surface area contributed by atoms with Crippen molar-refractivity contribution in [2.75, 3.05) is 0 Å². The lowest BCUT2D eigenvalue weighted by Gasteiger charge is -2.58. The van der Waals surface area contributed by atoms with E-state index in [2.05, 4.69) is 54.7 Å². The van der Waals surface area contributed by atoms with E-state index in [1.165, 1.54) is 62.5 Å². The Kier molecular flexibility index (Phi) is 8.44. The Balaban J connectivity index is 1.31. The zero-order chi connectivity index (χ0) is 27.9. The molecule has 4 rings (SSSR count). The number of fused-ring (bicyclic) bond motifs is 2. The van der Waals surface area contributed by atoms with Gasteiger partial charge in [-0.05, 0) is 96.7 Å². The third-order valence-electron chi connectivity index (χ3n) is 12.4. The molecule has 38 heavy (non-hydrogen) atoms. The van der Waals surface area contributed by atoms with E-state index >= 15 is 0 Å². The topological polar surface area (TPSA) is 34.1 Å². The predicted octanol–water partition coefficient (Wildman–Crippen LogP) is 9.84. The van der Waals surface area contributed by atoms with Crippen LogP contribution in [0.25, 0.3) is 0 Å². The van der Waals surface area contributed by atoms with E-state index in [9.17, 15) is 9.59 Å². The van der Waals surface area contributed by atoms with Gasteiger partial charge in [-0.25, -0.2) is 0 Å². The Hall–Kier alpha value is -1.44. The minimum atomic E-state index is 0.191. The molecule has 0 aromatic carbocycles. The minimum absolute atomic E-state index is 0.191. The molecule has 2 nitrogen and oxygen atoms in total. The molecule has 0 heterocycles. The maximum atomic E-state index is 13.1. The van der Waals surface area contributed by atoms with Crippen LogP contribution >= 0.6 is 0 Å². The van der Waals surface area contributed by atoms with E-state index in [1.807, 2.05) is 12.2 Å². The van der Waals surface area contributed by atoms with Crippen molar-refractivity contribution in [1.29, 1.82) is 0 Å². The van der Waals surface area contributed by atoms with Gasteiger partial charge >= 0.3 is 0 Å². The van der Waals surface area contributed by atoms with Gasteiger partial charge in [-0.1, -0.05) is 90.8 Å². The van der Waals surface area contributed by atoms with Crippen molar-refractivity contribution in [2.45, 2.75) is 131 Å². The van der Waals surface area contributed by atoms with Crippen LogP contribution in [0.15, 0.2) is 36.5 Å². The normalized spacial score (nSPS) is 38.5. The molecular weight excluding hydrogens is 464 g/mol. The quantitative estimate of drug-likeness (QED) is 0.298. The summed E-state index contributed by atoms with van der Waals surface area (Å²) >= 11 is 0. The van der Waals surface area contributed by atoms with Crippen molar-refractivity contribution in [3.63, 3.8) is 0 Å². The van der Waals surface area contributed by atoms with Crippen LogP contribution in [0.2, 0.25) is 0 Å². The summed E-state index contributed by atoms with van der Waals surface area (Å²) in [4.78, 5) is 26.2. The summed E-state index contributed by atoms with van der Waals surface area (Å²) in [5.74, 6) is 2.54. The van der Waals surface area contributed by atoms with Crippen LogP contribution < -0.4 is 0 Å². The lowest BCUT2D eigenvalue weighted by molar-refractivity contribution is -0.123. The van der Waals surface area contributed by atoms with Gasteiger partial charge in [-0.2, -0.15) is 0 Å². The molecule has 0 bridgehead atoms. The van der Waals surface area contributed by atoms with Gasteiger partial charge < -0.3 is 0 Å². The molecule has 0 aliphatic heterocycles. The van der Waals surface area contributed by atoms with Gasteiger partial charge in [0, 0.05) is 25.7 Å². The van der Waals surface area contributed by atoms with E-state index in [-0.39, 0.29) is 10.8 Å². The summed E-state index contributed by atoms with van der Waals surface area (Å²) in [5.41, 5.74) is 3.67. The second-order valence-corrected chi connectivity index (χ2v) is 15.7. The summed E-state index contributed by atoms with van der Waals surface area (Å²) in [6.45, 7) is 23.5. The molecule has 4 saturated carbocycles. The molecule has 0 amide bonds. The molecule has 4 aliphatic carbocycles. The number of allylic oxidation sites excluding steroid dienone is 4. The number of hydrogen-bond acceptors (Lipinski definition) is 2. The zero-order valence-corrected chi connectivity index (χ0v) is 25.6. The number of carbonyl (C=O) groups excluding carboxylic acids is 2. The number of carbonyl (C=O) groups is 2. The summed E-state index contributed by atoms with van der Waals surface area (Å²) in [6.07, 6.45) is 18.1. The van der Waals surface area contributed by atoms with Crippen molar-refractivity contribution < 1.29 is 9.59 Å². The first-order valence-corrected chi connectivity index (χ1v) is 15.7. The largest absolute Gasteiger partial charge is 0.299 e. The van der Waals surface area contributed by atoms with E-state index in [1.54, 1.807) is 0 Å². The summed E-state index contributed by atoms with van der Waals surface area (Å²) in [6, 6.07) is 0. The lowest BCUT2D eigenvalue weighted by Crippen LogP contribution is -2.49. The first-order chi connectivity index (χ1) is 17.7. The highest BCUT2D eigenvalue weighted by molar-refractivity contribution is 5.82. The fourth-order valence-corrected chi connectivity index (χ4v) is 10.4. The Morgan fingerprint density at radius 2 is 1.05 bits per heavy atom. The van der Waals surface area contributed by atoms with Crippen molar-refractivity contribution in [3.05, 3.63) is 36.5 Å². The van der Waals surface area contributed by atoms with Crippen LogP contribution in [-0.2, 0) is 9.59 Å². The van der Waals surface area contributed by atoms with Gasteiger partial charge in [0.15, 0.2) is 0 Å². The Bertz CT molecular complexity index is 901. The Morgan fingerprint density at radius 3 is 1.42 bits per heavy atom. The molecule has 0 aromatic rings. The average Bonchev–Trinajstić information content (AvgIpc) is 2.80. The molecule has 0 spiro atoms. The highest BCUT2D eigenvalue weighted by atomic mass is 16.1. The third kappa shape index (κ3) is 5.57. The third-order valence-corrected chi connectivity index (χ3v) is 12.4. The van der Waals surface area contributed by atoms with Crippen LogP contribution in [0, 0.1) is 45.3 Å².